The molecule has 1 amide bonds. The van der Waals surface area contributed by atoms with Crippen LogP contribution in [-0.2, 0) is 11.3 Å². The molecule has 0 atom stereocenters. The van der Waals surface area contributed by atoms with Crippen LogP contribution in [0, 0.1) is 0 Å². The molecule has 0 aliphatic rings. The summed E-state index contributed by atoms with van der Waals surface area (Å²) in [5, 5.41) is 10.4. The second kappa shape index (κ2) is 6.10. The Morgan fingerprint density at radius 1 is 1.47 bits per heavy atom. The van der Waals surface area contributed by atoms with Gasteiger partial charge in [0.05, 0.1) is 11.6 Å². The van der Waals surface area contributed by atoms with Crippen molar-refractivity contribution in [1.29, 1.82) is 0 Å². The Labute approximate surface area is 110 Å². The van der Waals surface area contributed by atoms with E-state index in [1.807, 2.05) is 6.92 Å². The van der Waals surface area contributed by atoms with E-state index in [-0.39, 0.29) is 17.3 Å². The van der Waals surface area contributed by atoms with Gasteiger partial charge in [-0.1, -0.05) is 30.1 Å². The first-order chi connectivity index (χ1) is 7.93. The number of phenolic OH excluding ortho intramolecular Hbond substituents is 1. The number of carbonyl (C=O) groups excluding carboxylic acids is 1. The standard InChI is InChI=1S/C11H14Cl2N2O2/c1-2-15(6-10(14)16)5-7-3-8(12)4-9(13)11(7)17/h3-4,17H,2,5-6H2,1H3,(H2,14,16). The molecule has 0 aromatic heterocycles. The van der Waals surface area contributed by atoms with Gasteiger partial charge < -0.3 is 10.8 Å². The molecule has 0 spiro atoms. The number of primary amides is 1. The SMILES string of the molecule is CCN(CC(N)=O)Cc1cc(Cl)cc(Cl)c1O. The number of benzene rings is 1. The molecule has 94 valence electrons. The molecule has 0 saturated heterocycles. The summed E-state index contributed by atoms with van der Waals surface area (Å²) in [6.45, 7) is 3.02. The van der Waals surface area contributed by atoms with E-state index in [9.17, 15) is 9.90 Å². The second-order valence-corrected chi connectivity index (χ2v) is 4.51. The molecule has 1 aromatic rings. The lowest BCUT2D eigenvalue weighted by Crippen LogP contribution is -2.33. The Kier molecular flexibility index (Phi) is 5.05. The lowest BCUT2D eigenvalue weighted by molar-refractivity contribution is -0.119. The van der Waals surface area contributed by atoms with E-state index in [0.29, 0.717) is 23.7 Å². The number of nitrogens with two attached hydrogens (primary N) is 1. The number of carbonyl (C=O) groups is 1. The van der Waals surface area contributed by atoms with Crippen molar-refractivity contribution in [2.45, 2.75) is 13.5 Å². The van der Waals surface area contributed by atoms with Crippen LogP contribution in [0.4, 0.5) is 0 Å². The zero-order chi connectivity index (χ0) is 13.0. The molecule has 0 saturated carbocycles. The van der Waals surface area contributed by atoms with Crippen molar-refractivity contribution in [3.63, 3.8) is 0 Å². The fraction of sp³-hybridized carbons (Fsp3) is 0.364. The molecule has 4 nitrogen and oxygen atoms in total. The van der Waals surface area contributed by atoms with Crippen LogP contribution in [0.25, 0.3) is 0 Å². The molecule has 0 bridgehead atoms. The van der Waals surface area contributed by atoms with Crippen molar-refractivity contribution >= 4 is 29.1 Å². The molecule has 0 radical (unpaired) electrons. The topological polar surface area (TPSA) is 66.6 Å². The maximum atomic E-state index is 10.8. The van der Waals surface area contributed by atoms with Crippen molar-refractivity contribution in [2.75, 3.05) is 13.1 Å². The maximum absolute atomic E-state index is 10.8. The van der Waals surface area contributed by atoms with Crippen LogP contribution in [0.3, 0.4) is 0 Å². The summed E-state index contributed by atoms with van der Waals surface area (Å²) in [7, 11) is 0. The number of hydrogen-bond acceptors (Lipinski definition) is 3. The van der Waals surface area contributed by atoms with Gasteiger partial charge in [0.25, 0.3) is 0 Å². The van der Waals surface area contributed by atoms with Crippen LogP contribution in [0.5, 0.6) is 5.75 Å². The van der Waals surface area contributed by atoms with Gasteiger partial charge in [-0.05, 0) is 18.7 Å². The Balaban J connectivity index is 2.89. The van der Waals surface area contributed by atoms with E-state index in [4.69, 9.17) is 28.9 Å². The molecule has 17 heavy (non-hydrogen) atoms. The minimum Gasteiger partial charge on any atom is -0.506 e. The first-order valence-corrected chi connectivity index (χ1v) is 5.87. The number of aromatic hydroxyl groups is 1. The van der Waals surface area contributed by atoms with Crippen LogP contribution < -0.4 is 5.73 Å². The lowest BCUT2D eigenvalue weighted by atomic mass is 10.2. The molecule has 0 aliphatic carbocycles. The molecule has 1 rings (SSSR count). The van der Waals surface area contributed by atoms with Gasteiger partial charge in [0, 0.05) is 17.1 Å². The highest BCUT2D eigenvalue weighted by Gasteiger charge is 2.12. The third kappa shape index (κ3) is 4.07. The number of phenols is 1. The van der Waals surface area contributed by atoms with Crippen LogP contribution in [0.15, 0.2) is 12.1 Å². The van der Waals surface area contributed by atoms with Crippen LogP contribution >= 0.6 is 23.2 Å². The second-order valence-electron chi connectivity index (χ2n) is 3.66. The third-order valence-electron chi connectivity index (χ3n) is 2.33. The monoisotopic (exact) mass is 276 g/mol. The normalized spacial score (nSPS) is 10.8. The van der Waals surface area contributed by atoms with Gasteiger partial charge in [-0.2, -0.15) is 0 Å². The summed E-state index contributed by atoms with van der Waals surface area (Å²) in [5.74, 6) is -0.432. The number of amides is 1. The summed E-state index contributed by atoms with van der Waals surface area (Å²) in [5.41, 5.74) is 5.70. The molecule has 0 fully saturated rings. The Morgan fingerprint density at radius 2 is 2.12 bits per heavy atom. The average molecular weight is 277 g/mol. The molecular formula is C11H14Cl2N2O2. The number of likely N-dealkylation sites (N-methyl/N-ethyl adjacent to an activating group) is 1. The van der Waals surface area contributed by atoms with Gasteiger partial charge in [-0.3, -0.25) is 9.69 Å². The Bertz CT molecular complexity index is 424. The number of nitrogens with zero attached hydrogens (tertiary/aromatic N) is 1. The molecule has 0 heterocycles. The first-order valence-electron chi connectivity index (χ1n) is 5.11. The summed E-state index contributed by atoms with van der Waals surface area (Å²) >= 11 is 11.7. The van der Waals surface area contributed by atoms with Crippen LogP contribution in [-0.4, -0.2) is 29.0 Å². The van der Waals surface area contributed by atoms with Crippen molar-refractivity contribution in [3.8, 4) is 5.75 Å². The summed E-state index contributed by atoms with van der Waals surface area (Å²) in [6, 6.07) is 3.08. The molecule has 0 unspecified atom stereocenters. The predicted octanol–water partition coefficient (Wildman–Crippen LogP) is 2.01. The highest BCUT2D eigenvalue weighted by atomic mass is 35.5. The minimum atomic E-state index is -0.417. The highest BCUT2D eigenvalue weighted by Crippen LogP contribution is 2.31. The summed E-state index contributed by atoms with van der Waals surface area (Å²) in [4.78, 5) is 12.6. The fourth-order valence-corrected chi connectivity index (χ4v) is 2.02. The van der Waals surface area contributed by atoms with Gasteiger partial charge in [0.15, 0.2) is 0 Å². The van der Waals surface area contributed by atoms with E-state index >= 15 is 0 Å². The van der Waals surface area contributed by atoms with Gasteiger partial charge in [0.1, 0.15) is 5.75 Å². The van der Waals surface area contributed by atoms with Crippen molar-refractivity contribution in [1.82, 2.24) is 4.90 Å². The lowest BCUT2D eigenvalue weighted by Gasteiger charge is -2.19. The quantitative estimate of drug-likeness (QED) is 0.865. The molecule has 3 N–H and O–H groups in total. The molecular weight excluding hydrogens is 263 g/mol. The number of hydrogen-bond donors (Lipinski definition) is 2. The molecule has 6 heteroatoms. The Hall–Kier alpha value is -0.970. The fourth-order valence-electron chi connectivity index (χ4n) is 1.48. The van der Waals surface area contributed by atoms with E-state index in [1.54, 1.807) is 11.0 Å². The third-order valence-corrected chi connectivity index (χ3v) is 2.83. The van der Waals surface area contributed by atoms with Gasteiger partial charge in [0.2, 0.25) is 5.91 Å². The molecule has 0 aliphatic heterocycles. The molecule has 1 aromatic carbocycles. The summed E-state index contributed by atoms with van der Waals surface area (Å²) < 4.78 is 0. The first kappa shape index (κ1) is 14.1. The van der Waals surface area contributed by atoms with Gasteiger partial charge in [-0.25, -0.2) is 0 Å². The van der Waals surface area contributed by atoms with Crippen LogP contribution in [0.2, 0.25) is 10.0 Å². The zero-order valence-electron chi connectivity index (χ0n) is 9.41. The maximum Gasteiger partial charge on any atom is 0.231 e. The van der Waals surface area contributed by atoms with Crippen molar-refractivity contribution in [2.24, 2.45) is 5.73 Å². The van der Waals surface area contributed by atoms with E-state index in [0.717, 1.165) is 0 Å². The average Bonchev–Trinajstić information content (AvgIpc) is 2.23. The predicted molar refractivity (Wildman–Crippen MR) is 68.3 cm³/mol. The minimum absolute atomic E-state index is 0.0148. The smallest absolute Gasteiger partial charge is 0.231 e. The zero-order valence-corrected chi connectivity index (χ0v) is 10.9. The van der Waals surface area contributed by atoms with Gasteiger partial charge >= 0.3 is 0 Å². The van der Waals surface area contributed by atoms with E-state index in [1.165, 1.54) is 6.07 Å². The van der Waals surface area contributed by atoms with E-state index < -0.39 is 5.91 Å². The highest BCUT2D eigenvalue weighted by molar-refractivity contribution is 6.35. The largest absolute Gasteiger partial charge is 0.506 e. The summed E-state index contributed by atoms with van der Waals surface area (Å²) in [6.07, 6.45) is 0. The number of halogens is 2. The van der Waals surface area contributed by atoms with Gasteiger partial charge in [-0.15, -0.1) is 0 Å². The van der Waals surface area contributed by atoms with Crippen LogP contribution in [0.1, 0.15) is 12.5 Å². The van der Waals surface area contributed by atoms with E-state index in [2.05, 4.69) is 0 Å². The number of rotatable bonds is 5. The van der Waals surface area contributed by atoms with Crippen molar-refractivity contribution < 1.29 is 9.90 Å². The van der Waals surface area contributed by atoms with Crippen molar-refractivity contribution in [3.05, 3.63) is 27.7 Å². The Morgan fingerprint density at radius 3 is 2.65 bits per heavy atom.